The molecule has 1 aliphatic carbocycles. The lowest BCUT2D eigenvalue weighted by atomic mass is 9.93. The van der Waals surface area contributed by atoms with Crippen LogP contribution in [0.15, 0.2) is 78.9 Å². The Kier molecular flexibility index (Phi) is 7.38. The minimum absolute atomic E-state index is 0.102. The Balaban J connectivity index is 1.41. The van der Waals surface area contributed by atoms with Gasteiger partial charge in [0.15, 0.2) is 0 Å². The van der Waals surface area contributed by atoms with Crippen molar-refractivity contribution in [1.29, 1.82) is 0 Å². The van der Waals surface area contributed by atoms with Crippen molar-refractivity contribution >= 4 is 17.9 Å². The number of alkyl carbamates (subject to hydrolysis) is 1. The van der Waals surface area contributed by atoms with E-state index in [1.807, 2.05) is 66.7 Å². The third-order valence-electron chi connectivity index (χ3n) is 5.97. The zero-order chi connectivity index (χ0) is 25.7. The van der Waals surface area contributed by atoms with Gasteiger partial charge in [0.25, 0.3) is 5.91 Å². The van der Waals surface area contributed by atoms with E-state index in [4.69, 9.17) is 4.74 Å². The molecule has 0 saturated carbocycles. The first-order valence-electron chi connectivity index (χ1n) is 12.0. The summed E-state index contributed by atoms with van der Waals surface area (Å²) < 4.78 is 5.32. The Morgan fingerprint density at radius 1 is 0.806 bits per heavy atom. The molecule has 36 heavy (non-hydrogen) atoms. The van der Waals surface area contributed by atoms with Gasteiger partial charge in [-0.25, -0.2) is 4.79 Å². The smallest absolute Gasteiger partial charge is 0.408 e. The van der Waals surface area contributed by atoms with E-state index in [0.717, 1.165) is 27.8 Å². The Hall–Kier alpha value is -4.13. The Morgan fingerprint density at radius 2 is 1.36 bits per heavy atom. The lowest BCUT2D eigenvalue weighted by Crippen LogP contribution is -2.53. The number of rotatable bonds is 6. The lowest BCUT2D eigenvalue weighted by Gasteiger charge is -2.23. The number of carbonyl (C=O) groups excluding carboxylic acids is 3. The van der Waals surface area contributed by atoms with Gasteiger partial charge in [-0.15, -0.1) is 0 Å². The molecule has 0 fully saturated rings. The van der Waals surface area contributed by atoms with E-state index in [9.17, 15) is 14.4 Å². The normalized spacial score (nSPS) is 13.2. The summed E-state index contributed by atoms with van der Waals surface area (Å²) in [5.74, 6) is -0.963. The van der Waals surface area contributed by atoms with Crippen LogP contribution in [0.25, 0.3) is 11.1 Å². The summed E-state index contributed by atoms with van der Waals surface area (Å²) in [4.78, 5) is 38.2. The maximum Gasteiger partial charge on any atom is 0.408 e. The summed E-state index contributed by atoms with van der Waals surface area (Å²) in [6.45, 7) is 5.25. The molecule has 3 N–H and O–H groups in total. The van der Waals surface area contributed by atoms with Crippen LogP contribution in [0.5, 0.6) is 0 Å². The molecule has 3 aromatic carbocycles. The molecule has 0 bridgehead atoms. The van der Waals surface area contributed by atoms with E-state index in [1.165, 1.54) is 0 Å². The average molecular weight is 486 g/mol. The number of benzene rings is 3. The van der Waals surface area contributed by atoms with E-state index < -0.39 is 23.6 Å². The van der Waals surface area contributed by atoms with Gasteiger partial charge >= 0.3 is 6.09 Å². The highest BCUT2D eigenvalue weighted by Gasteiger charge is 2.30. The molecule has 7 heteroatoms. The first-order chi connectivity index (χ1) is 17.2. The van der Waals surface area contributed by atoms with E-state index >= 15 is 0 Å². The summed E-state index contributed by atoms with van der Waals surface area (Å²) in [7, 11) is 0. The molecule has 0 aromatic heterocycles. The molecule has 0 heterocycles. The minimum atomic E-state index is -0.935. The zero-order valence-corrected chi connectivity index (χ0v) is 20.7. The standard InChI is InChI=1S/C29H31N3O4/c1-29(2,3)36-28(35)30-25(17-19-11-5-4-6-12-19)27(34)32-31-26(33)18-24-22-15-9-7-13-20(22)21-14-8-10-16-23(21)24/h4-16,24-25H,17-18H2,1-3H3,(H,30,35)(H,31,33)(H,32,34)/t25-/m0/s1. The van der Waals surface area contributed by atoms with Crippen LogP contribution in [0.2, 0.25) is 0 Å². The summed E-state index contributed by atoms with van der Waals surface area (Å²) >= 11 is 0. The van der Waals surface area contributed by atoms with Gasteiger partial charge in [0, 0.05) is 18.8 Å². The zero-order valence-electron chi connectivity index (χ0n) is 20.7. The number of hydrazine groups is 1. The predicted octanol–water partition coefficient (Wildman–Crippen LogP) is 4.47. The summed E-state index contributed by atoms with van der Waals surface area (Å²) in [6.07, 6.45) is -0.286. The number of ether oxygens (including phenoxy) is 1. The number of nitrogens with one attached hydrogen (secondary N) is 3. The lowest BCUT2D eigenvalue weighted by molar-refractivity contribution is -0.130. The monoisotopic (exact) mass is 485 g/mol. The van der Waals surface area contributed by atoms with Gasteiger partial charge in [0.2, 0.25) is 5.91 Å². The molecule has 0 spiro atoms. The van der Waals surface area contributed by atoms with E-state index in [1.54, 1.807) is 20.8 Å². The molecule has 7 nitrogen and oxygen atoms in total. The van der Waals surface area contributed by atoms with Crippen LogP contribution in [-0.2, 0) is 20.7 Å². The molecule has 0 unspecified atom stereocenters. The molecule has 4 rings (SSSR count). The first-order valence-corrected chi connectivity index (χ1v) is 12.0. The highest BCUT2D eigenvalue weighted by atomic mass is 16.6. The first kappa shape index (κ1) is 25.0. The molecular formula is C29H31N3O4. The fourth-order valence-electron chi connectivity index (χ4n) is 4.44. The van der Waals surface area contributed by atoms with Crippen LogP contribution in [-0.4, -0.2) is 29.6 Å². The van der Waals surface area contributed by atoms with Crippen molar-refractivity contribution < 1.29 is 19.1 Å². The van der Waals surface area contributed by atoms with E-state index in [2.05, 4.69) is 28.3 Å². The molecule has 0 saturated heterocycles. The average Bonchev–Trinajstić information content (AvgIpc) is 3.15. The van der Waals surface area contributed by atoms with Crippen molar-refractivity contribution in [3.8, 4) is 11.1 Å². The Labute approximate surface area is 211 Å². The van der Waals surface area contributed by atoms with Crippen molar-refractivity contribution in [3.63, 3.8) is 0 Å². The van der Waals surface area contributed by atoms with Crippen molar-refractivity contribution in [2.24, 2.45) is 0 Å². The maximum atomic E-state index is 13.0. The fraction of sp³-hybridized carbons (Fsp3) is 0.276. The van der Waals surface area contributed by atoms with Gasteiger partial charge in [-0.2, -0.15) is 0 Å². The summed E-state index contributed by atoms with van der Waals surface area (Å²) in [5.41, 5.74) is 9.60. The molecule has 1 atom stereocenters. The molecule has 1 aliphatic rings. The summed E-state index contributed by atoms with van der Waals surface area (Å²) in [6, 6.07) is 24.5. The molecule has 0 aliphatic heterocycles. The Bertz CT molecular complexity index is 1210. The number of carbonyl (C=O) groups is 3. The van der Waals surface area contributed by atoms with Crippen LogP contribution in [0.1, 0.15) is 49.8 Å². The number of hydrogen-bond donors (Lipinski definition) is 3. The van der Waals surface area contributed by atoms with Gasteiger partial charge in [-0.3, -0.25) is 20.4 Å². The SMILES string of the molecule is CC(C)(C)OC(=O)N[C@@H](Cc1ccccc1)C(=O)NNC(=O)CC1c2ccccc2-c2ccccc21. The number of hydrogen-bond acceptors (Lipinski definition) is 4. The molecular weight excluding hydrogens is 454 g/mol. The third-order valence-corrected chi connectivity index (χ3v) is 5.97. The highest BCUT2D eigenvalue weighted by Crippen LogP contribution is 2.45. The van der Waals surface area contributed by atoms with Crippen molar-refractivity contribution in [2.45, 2.75) is 51.2 Å². The topological polar surface area (TPSA) is 96.5 Å². The second kappa shape index (κ2) is 10.6. The minimum Gasteiger partial charge on any atom is -0.444 e. The van der Waals surface area contributed by atoms with Gasteiger partial charge in [-0.05, 0) is 48.6 Å². The van der Waals surface area contributed by atoms with Crippen molar-refractivity contribution in [2.75, 3.05) is 0 Å². The molecule has 3 amide bonds. The second-order valence-electron chi connectivity index (χ2n) is 9.86. The van der Waals surface area contributed by atoms with Crippen molar-refractivity contribution in [1.82, 2.24) is 16.2 Å². The summed E-state index contributed by atoms with van der Waals surface area (Å²) in [5, 5.41) is 2.62. The van der Waals surface area contributed by atoms with Gasteiger partial charge in [-0.1, -0.05) is 78.9 Å². The van der Waals surface area contributed by atoms with E-state index in [-0.39, 0.29) is 24.7 Å². The Morgan fingerprint density at radius 3 is 1.94 bits per heavy atom. The highest BCUT2D eigenvalue weighted by molar-refractivity contribution is 5.89. The third kappa shape index (κ3) is 6.10. The van der Waals surface area contributed by atoms with Crippen LogP contribution < -0.4 is 16.2 Å². The largest absolute Gasteiger partial charge is 0.444 e. The molecule has 0 radical (unpaired) electrons. The maximum absolute atomic E-state index is 13.0. The van der Waals surface area contributed by atoms with Gasteiger partial charge in [0.05, 0.1) is 0 Å². The quantitative estimate of drug-likeness (QED) is 0.449. The molecule has 3 aromatic rings. The second-order valence-corrected chi connectivity index (χ2v) is 9.86. The fourth-order valence-corrected chi connectivity index (χ4v) is 4.44. The van der Waals surface area contributed by atoms with Crippen LogP contribution >= 0.6 is 0 Å². The van der Waals surface area contributed by atoms with E-state index in [0.29, 0.717) is 0 Å². The predicted molar refractivity (Wildman–Crippen MR) is 138 cm³/mol. The number of fused-ring (bicyclic) bond motifs is 3. The molecule has 186 valence electrons. The van der Waals surface area contributed by atoms with Crippen LogP contribution in [0, 0.1) is 0 Å². The van der Waals surface area contributed by atoms with Crippen molar-refractivity contribution in [3.05, 3.63) is 95.6 Å². The van der Waals surface area contributed by atoms with Gasteiger partial charge < -0.3 is 10.1 Å². The van der Waals surface area contributed by atoms with Crippen LogP contribution in [0.3, 0.4) is 0 Å². The number of amides is 3. The van der Waals surface area contributed by atoms with Crippen LogP contribution in [0.4, 0.5) is 4.79 Å². The van der Waals surface area contributed by atoms with Gasteiger partial charge in [0.1, 0.15) is 11.6 Å².